The number of nitrogens with one attached hydrogen (secondary N) is 2. The van der Waals surface area contributed by atoms with Gasteiger partial charge in [0.1, 0.15) is 5.82 Å². The minimum atomic E-state index is -3.62. The Morgan fingerprint density at radius 2 is 2.24 bits per heavy atom. The number of imidazole rings is 1. The van der Waals surface area contributed by atoms with Crippen LogP contribution in [0.2, 0.25) is 0 Å². The summed E-state index contributed by atoms with van der Waals surface area (Å²) in [5, 5.41) is 0. The molecule has 134 valence electrons. The molecule has 1 aliphatic rings. The van der Waals surface area contributed by atoms with Crippen molar-refractivity contribution in [3.63, 3.8) is 0 Å². The third kappa shape index (κ3) is 4.01. The Hall–Kier alpha value is -1.52. The van der Waals surface area contributed by atoms with Gasteiger partial charge in [0.05, 0.1) is 12.7 Å². The van der Waals surface area contributed by atoms with Gasteiger partial charge in [0.25, 0.3) is 0 Å². The second kappa shape index (κ2) is 6.65. The second-order valence-electron chi connectivity index (χ2n) is 6.01. The molecule has 25 heavy (non-hydrogen) atoms. The zero-order valence-electron chi connectivity index (χ0n) is 13.2. The predicted octanol–water partition coefficient (Wildman–Crippen LogP) is 2.41. The Labute approximate surface area is 157 Å². The normalized spacial score (nSPS) is 16.7. The first-order valence-corrected chi connectivity index (χ1v) is 10.5. The SMILES string of the molecule is CS(=O)(=O)NC(=O)Cc1[nH]c(=S)n2c1CC(c1cc(Br)ccc1F)C2. The molecule has 6 nitrogen and oxygen atoms in total. The molecule has 2 N–H and O–H groups in total. The molecular weight excluding hydrogens is 433 g/mol. The molecule has 1 amide bonds. The zero-order chi connectivity index (χ0) is 18.4. The lowest BCUT2D eigenvalue weighted by Crippen LogP contribution is -2.31. The monoisotopic (exact) mass is 447 g/mol. The fourth-order valence-corrected chi connectivity index (χ4v) is 4.26. The summed E-state index contributed by atoms with van der Waals surface area (Å²) in [6.45, 7) is 0.506. The summed E-state index contributed by atoms with van der Waals surface area (Å²) in [5.41, 5.74) is 1.95. The summed E-state index contributed by atoms with van der Waals surface area (Å²) >= 11 is 8.63. The van der Waals surface area contributed by atoms with Crippen LogP contribution < -0.4 is 4.72 Å². The van der Waals surface area contributed by atoms with Crippen LogP contribution in [0.1, 0.15) is 22.9 Å². The molecule has 1 aromatic heterocycles. The third-order valence-corrected chi connectivity index (χ3v) is 5.47. The molecule has 1 aromatic carbocycles. The molecule has 10 heteroatoms. The molecule has 1 atom stereocenters. The Balaban J connectivity index is 1.86. The third-order valence-electron chi connectivity index (χ3n) is 4.05. The summed E-state index contributed by atoms with van der Waals surface area (Å²) in [7, 11) is -3.62. The minimum absolute atomic E-state index is 0.0967. The van der Waals surface area contributed by atoms with Gasteiger partial charge in [-0.2, -0.15) is 0 Å². The highest BCUT2D eigenvalue weighted by atomic mass is 79.9. The maximum atomic E-state index is 14.2. The van der Waals surface area contributed by atoms with Gasteiger partial charge in [0, 0.05) is 28.3 Å². The number of fused-ring (bicyclic) bond motifs is 1. The van der Waals surface area contributed by atoms with Crippen molar-refractivity contribution in [3.05, 3.63) is 50.2 Å². The zero-order valence-corrected chi connectivity index (χ0v) is 16.4. The average molecular weight is 448 g/mol. The van der Waals surface area contributed by atoms with Crippen LogP contribution in [0.5, 0.6) is 0 Å². The molecule has 2 heterocycles. The van der Waals surface area contributed by atoms with E-state index in [1.54, 1.807) is 12.1 Å². The first-order valence-electron chi connectivity index (χ1n) is 7.40. The van der Waals surface area contributed by atoms with Gasteiger partial charge in [-0.15, -0.1) is 0 Å². The number of rotatable bonds is 4. The van der Waals surface area contributed by atoms with Gasteiger partial charge < -0.3 is 9.55 Å². The number of aromatic amines is 1. The smallest absolute Gasteiger partial charge is 0.239 e. The number of amides is 1. The number of halogens is 2. The molecule has 3 rings (SSSR count). The predicted molar refractivity (Wildman–Crippen MR) is 96.9 cm³/mol. The van der Waals surface area contributed by atoms with Crippen LogP contribution in [0.15, 0.2) is 22.7 Å². The van der Waals surface area contributed by atoms with Crippen molar-refractivity contribution < 1.29 is 17.6 Å². The van der Waals surface area contributed by atoms with Crippen molar-refractivity contribution in [1.82, 2.24) is 14.3 Å². The van der Waals surface area contributed by atoms with E-state index in [9.17, 15) is 17.6 Å². The van der Waals surface area contributed by atoms with E-state index in [1.807, 2.05) is 9.29 Å². The van der Waals surface area contributed by atoms with Gasteiger partial charge in [-0.3, -0.25) is 9.52 Å². The van der Waals surface area contributed by atoms with Gasteiger partial charge in [0.15, 0.2) is 4.77 Å². The van der Waals surface area contributed by atoms with E-state index >= 15 is 0 Å². The van der Waals surface area contributed by atoms with Gasteiger partial charge >= 0.3 is 0 Å². The lowest BCUT2D eigenvalue weighted by atomic mass is 9.96. The van der Waals surface area contributed by atoms with E-state index < -0.39 is 15.9 Å². The van der Waals surface area contributed by atoms with E-state index in [0.717, 1.165) is 16.4 Å². The van der Waals surface area contributed by atoms with Gasteiger partial charge in [-0.25, -0.2) is 12.8 Å². The first-order chi connectivity index (χ1) is 11.6. The summed E-state index contributed by atoms with van der Waals surface area (Å²) in [5.74, 6) is -1.02. The number of nitrogens with zero attached hydrogens (tertiary/aromatic N) is 1. The molecule has 0 fully saturated rings. The summed E-state index contributed by atoms with van der Waals surface area (Å²) in [4.78, 5) is 14.8. The highest BCUT2D eigenvalue weighted by molar-refractivity contribution is 9.10. The molecule has 0 radical (unpaired) electrons. The van der Waals surface area contributed by atoms with Gasteiger partial charge in [-0.05, 0) is 42.4 Å². The Bertz CT molecular complexity index is 1010. The maximum absolute atomic E-state index is 14.2. The number of hydrogen-bond donors (Lipinski definition) is 2. The highest BCUT2D eigenvalue weighted by Crippen LogP contribution is 2.34. The number of H-pyrrole nitrogens is 1. The lowest BCUT2D eigenvalue weighted by Gasteiger charge is -2.11. The molecule has 2 aromatic rings. The van der Waals surface area contributed by atoms with Crippen LogP contribution in [0, 0.1) is 10.6 Å². The van der Waals surface area contributed by atoms with Crippen LogP contribution in [0.25, 0.3) is 0 Å². The Kier molecular flexibility index (Phi) is 4.86. The Morgan fingerprint density at radius 3 is 2.92 bits per heavy atom. The van der Waals surface area contributed by atoms with Crippen LogP contribution in [-0.4, -0.2) is 30.1 Å². The molecule has 1 aliphatic heterocycles. The average Bonchev–Trinajstić information content (AvgIpc) is 3.02. The number of sulfonamides is 1. The van der Waals surface area contributed by atoms with Crippen LogP contribution >= 0.6 is 28.1 Å². The largest absolute Gasteiger partial charge is 0.334 e. The summed E-state index contributed by atoms with van der Waals surface area (Å²) < 4.78 is 41.5. The molecule has 1 unspecified atom stereocenters. The second-order valence-corrected chi connectivity index (χ2v) is 9.06. The molecule has 0 saturated carbocycles. The van der Waals surface area contributed by atoms with Crippen molar-refractivity contribution >= 4 is 44.1 Å². The summed E-state index contributed by atoms with van der Waals surface area (Å²) in [6, 6.07) is 4.80. The standard InChI is InChI=1S/C15H15BrFN3O3S2/c1-25(22,23)19-14(21)6-12-13-4-8(7-20(13)15(24)18-12)10-5-9(16)2-3-11(10)17/h2-3,5,8H,4,6-7H2,1H3,(H,18,24)(H,19,21). The summed E-state index contributed by atoms with van der Waals surface area (Å²) in [6.07, 6.45) is 1.30. The van der Waals surface area contributed by atoms with E-state index in [4.69, 9.17) is 12.2 Å². The van der Waals surface area contributed by atoms with Crippen molar-refractivity contribution in [2.24, 2.45) is 0 Å². The van der Waals surface area contributed by atoms with Gasteiger partial charge in [-0.1, -0.05) is 15.9 Å². The van der Waals surface area contributed by atoms with E-state index in [-0.39, 0.29) is 18.2 Å². The number of hydrogen-bond acceptors (Lipinski definition) is 4. The van der Waals surface area contributed by atoms with Gasteiger partial charge in [0.2, 0.25) is 15.9 Å². The van der Waals surface area contributed by atoms with Crippen LogP contribution in [-0.2, 0) is 34.2 Å². The number of aromatic nitrogens is 2. The molecule has 0 spiro atoms. The number of benzene rings is 1. The first kappa shape index (κ1) is 18.3. The maximum Gasteiger partial charge on any atom is 0.239 e. The minimum Gasteiger partial charge on any atom is -0.334 e. The highest BCUT2D eigenvalue weighted by Gasteiger charge is 2.29. The quantitative estimate of drug-likeness (QED) is 0.704. The van der Waals surface area contributed by atoms with Crippen LogP contribution in [0.3, 0.4) is 0 Å². The van der Waals surface area contributed by atoms with E-state index in [2.05, 4.69) is 20.9 Å². The van der Waals surface area contributed by atoms with Crippen molar-refractivity contribution in [2.75, 3.05) is 6.26 Å². The van der Waals surface area contributed by atoms with E-state index in [1.165, 1.54) is 6.07 Å². The fraction of sp³-hybridized carbons (Fsp3) is 0.333. The molecular formula is C15H15BrFN3O3S2. The van der Waals surface area contributed by atoms with Crippen molar-refractivity contribution in [1.29, 1.82) is 0 Å². The molecule has 0 bridgehead atoms. The number of carbonyl (C=O) groups is 1. The topological polar surface area (TPSA) is 84.0 Å². The fourth-order valence-electron chi connectivity index (χ4n) is 3.08. The van der Waals surface area contributed by atoms with Crippen LogP contribution in [0.4, 0.5) is 4.39 Å². The van der Waals surface area contributed by atoms with Crippen molar-refractivity contribution in [3.8, 4) is 0 Å². The lowest BCUT2D eigenvalue weighted by molar-refractivity contribution is -0.118. The van der Waals surface area contributed by atoms with E-state index in [0.29, 0.717) is 29.0 Å². The molecule has 0 saturated heterocycles. The Morgan fingerprint density at radius 1 is 1.52 bits per heavy atom. The molecule has 0 aliphatic carbocycles. The number of carbonyl (C=O) groups excluding carboxylic acids is 1. The van der Waals surface area contributed by atoms with Crippen molar-refractivity contribution in [2.45, 2.75) is 25.3 Å².